The van der Waals surface area contributed by atoms with Gasteiger partial charge in [0.25, 0.3) is 0 Å². The van der Waals surface area contributed by atoms with Crippen LogP contribution >= 0.6 is 11.6 Å². The van der Waals surface area contributed by atoms with Crippen LogP contribution in [0.1, 0.15) is 26.2 Å². The molecule has 0 saturated carbocycles. The van der Waals surface area contributed by atoms with Gasteiger partial charge in [0.2, 0.25) is 10.0 Å². The Morgan fingerprint density at radius 2 is 1.83 bits per heavy atom. The van der Waals surface area contributed by atoms with E-state index in [0.717, 1.165) is 32.4 Å². The minimum Gasteiger partial charge on any atom is -0.486 e. The third-order valence-electron chi connectivity index (χ3n) is 4.34. The van der Waals surface area contributed by atoms with Crippen LogP contribution in [0, 0.1) is 0 Å². The Morgan fingerprint density at radius 3 is 2.46 bits per heavy atom. The summed E-state index contributed by atoms with van der Waals surface area (Å²) in [6.45, 7) is 4.96. The zero-order valence-electron chi connectivity index (χ0n) is 13.8. The van der Waals surface area contributed by atoms with Gasteiger partial charge in [-0.1, -0.05) is 18.5 Å². The largest absolute Gasteiger partial charge is 0.486 e. The fraction of sp³-hybridized carbons (Fsp3) is 0.625. The highest BCUT2D eigenvalue weighted by Crippen LogP contribution is 2.39. The number of sulfonamides is 1. The lowest BCUT2D eigenvalue weighted by Crippen LogP contribution is -2.46. The summed E-state index contributed by atoms with van der Waals surface area (Å²) in [5.41, 5.74) is 0. The topological polar surface area (TPSA) is 67.9 Å². The van der Waals surface area contributed by atoms with Gasteiger partial charge in [0.15, 0.2) is 11.5 Å². The third-order valence-corrected chi connectivity index (χ3v) is 6.76. The third kappa shape index (κ3) is 3.49. The van der Waals surface area contributed by atoms with Gasteiger partial charge in [-0.15, -0.1) is 0 Å². The van der Waals surface area contributed by atoms with E-state index in [0.29, 0.717) is 31.3 Å². The van der Waals surface area contributed by atoms with Crippen molar-refractivity contribution in [1.29, 1.82) is 0 Å². The molecule has 3 rings (SSSR count). The summed E-state index contributed by atoms with van der Waals surface area (Å²) < 4.78 is 39.1. The molecule has 0 unspecified atom stereocenters. The minimum atomic E-state index is -3.69. The molecule has 134 valence electrons. The van der Waals surface area contributed by atoms with Gasteiger partial charge in [-0.05, 0) is 32.4 Å². The van der Waals surface area contributed by atoms with Crippen LogP contribution in [0.3, 0.4) is 0 Å². The average molecular weight is 375 g/mol. The minimum absolute atomic E-state index is 0.000433. The molecule has 0 atom stereocenters. The summed E-state index contributed by atoms with van der Waals surface area (Å²) in [5.74, 6) is 0.931. The molecule has 1 saturated heterocycles. The van der Waals surface area contributed by atoms with Crippen LogP contribution in [0.4, 0.5) is 0 Å². The molecule has 0 bridgehead atoms. The molecule has 24 heavy (non-hydrogen) atoms. The molecule has 0 amide bonds. The van der Waals surface area contributed by atoms with Crippen LogP contribution < -0.4 is 14.8 Å². The molecule has 2 aliphatic heterocycles. The maximum atomic E-state index is 13.3. The molecule has 0 spiro atoms. The summed E-state index contributed by atoms with van der Waals surface area (Å²) in [6, 6.07) is 3.03. The van der Waals surface area contributed by atoms with Crippen LogP contribution in [-0.4, -0.2) is 51.6 Å². The number of ether oxygens (including phenoxy) is 2. The first kappa shape index (κ1) is 17.8. The van der Waals surface area contributed by atoms with E-state index in [-0.39, 0.29) is 16.0 Å². The quantitative estimate of drug-likeness (QED) is 0.856. The summed E-state index contributed by atoms with van der Waals surface area (Å²) in [4.78, 5) is 0.0976. The van der Waals surface area contributed by atoms with Gasteiger partial charge < -0.3 is 14.8 Å². The summed E-state index contributed by atoms with van der Waals surface area (Å²) in [5, 5.41) is 3.45. The van der Waals surface area contributed by atoms with Crippen molar-refractivity contribution < 1.29 is 17.9 Å². The smallest absolute Gasteiger partial charge is 0.244 e. The second kappa shape index (κ2) is 7.47. The van der Waals surface area contributed by atoms with Crippen molar-refractivity contribution in [3.8, 4) is 11.5 Å². The lowest BCUT2D eigenvalue weighted by molar-refractivity contribution is 0.171. The Kier molecular flexibility index (Phi) is 5.54. The van der Waals surface area contributed by atoms with Gasteiger partial charge in [-0.2, -0.15) is 4.31 Å². The molecular weight excluding hydrogens is 352 g/mol. The number of rotatable bonds is 5. The number of hydrogen-bond acceptors (Lipinski definition) is 5. The molecule has 1 fully saturated rings. The molecule has 1 N–H and O–H groups in total. The second-order valence-corrected chi connectivity index (χ2v) is 8.29. The van der Waals surface area contributed by atoms with Crippen LogP contribution in [0.5, 0.6) is 11.5 Å². The van der Waals surface area contributed by atoms with Crippen molar-refractivity contribution in [1.82, 2.24) is 9.62 Å². The van der Waals surface area contributed by atoms with E-state index in [9.17, 15) is 8.42 Å². The van der Waals surface area contributed by atoms with Crippen molar-refractivity contribution in [3.63, 3.8) is 0 Å². The Morgan fingerprint density at radius 1 is 1.21 bits per heavy atom. The van der Waals surface area contributed by atoms with E-state index >= 15 is 0 Å². The number of fused-ring (bicyclic) bond motifs is 1. The summed E-state index contributed by atoms with van der Waals surface area (Å²) in [7, 11) is -3.69. The van der Waals surface area contributed by atoms with Crippen molar-refractivity contribution in [2.45, 2.75) is 37.1 Å². The molecule has 2 heterocycles. The summed E-state index contributed by atoms with van der Waals surface area (Å²) in [6.07, 6.45) is 2.37. The monoisotopic (exact) mass is 374 g/mol. The number of nitrogens with zero attached hydrogens (tertiary/aromatic N) is 1. The molecule has 1 aromatic rings. The van der Waals surface area contributed by atoms with Crippen molar-refractivity contribution >= 4 is 21.6 Å². The van der Waals surface area contributed by atoms with E-state index in [2.05, 4.69) is 5.32 Å². The van der Waals surface area contributed by atoms with Crippen LogP contribution in [0.25, 0.3) is 0 Å². The maximum Gasteiger partial charge on any atom is 0.244 e. The van der Waals surface area contributed by atoms with E-state index in [1.807, 2.05) is 6.92 Å². The molecular formula is C16H23ClN2O4S. The highest BCUT2D eigenvalue weighted by atomic mass is 35.5. The molecule has 0 radical (unpaired) electrons. The van der Waals surface area contributed by atoms with E-state index in [1.54, 1.807) is 4.31 Å². The standard InChI is InChI=1S/C16H23ClN2O4S/c1-2-7-19(12-3-5-18-6-4-12)24(20,21)16-11-15-14(10-13(16)17)22-8-9-23-15/h10-12,18H,2-9H2,1H3. The van der Waals surface area contributed by atoms with E-state index in [1.165, 1.54) is 12.1 Å². The van der Waals surface area contributed by atoms with Crippen LogP contribution in [0.15, 0.2) is 17.0 Å². The lowest BCUT2D eigenvalue weighted by atomic mass is 10.1. The zero-order chi connectivity index (χ0) is 17.2. The molecule has 2 aliphatic rings. The van der Waals surface area contributed by atoms with E-state index < -0.39 is 10.0 Å². The number of piperidine rings is 1. The fourth-order valence-electron chi connectivity index (χ4n) is 3.18. The van der Waals surface area contributed by atoms with Crippen LogP contribution in [-0.2, 0) is 10.0 Å². The first-order chi connectivity index (χ1) is 11.5. The Hall–Kier alpha value is -1.02. The maximum absolute atomic E-state index is 13.3. The van der Waals surface area contributed by atoms with Gasteiger partial charge in [-0.3, -0.25) is 0 Å². The number of halogens is 1. The fourth-order valence-corrected chi connectivity index (χ4v) is 5.47. The Bertz CT molecular complexity index is 690. The van der Waals surface area contributed by atoms with Gasteiger partial charge in [-0.25, -0.2) is 8.42 Å². The molecule has 8 heteroatoms. The molecule has 1 aromatic carbocycles. The Labute approximate surface area is 148 Å². The normalized spacial score (nSPS) is 18.8. The first-order valence-corrected chi connectivity index (χ1v) is 10.2. The highest BCUT2D eigenvalue weighted by molar-refractivity contribution is 7.89. The van der Waals surface area contributed by atoms with Gasteiger partial charge in [0, 0.05) is 24.7 Å². The molecule has 0 aromatic heterocycles. The zero-order valence-corrected chi connectivity index (χ0v) is 15.3. The SMILES string of the molecule is CCCN(C1CCNCC1)S(=O)(=O)c1cc2c(cc1Cl)OCCO2. The summed E-state index contributed by atoms with van der Waals surface area (Å²) >= 11 is 6.28. The lowest BCUT2D eigenvalue weighted by Gasteiger charge is -2.34. The number of benzene rings is 1. The molecule has 0 aliphatic carbocycles. The van der Waals surface area contributed by atoms with Gasteiger partial charge in [0.1, 0.15) is 18.1 Å². The predicted octanol–water partition coefficient (Wildman–Crippen LogP) is 2.26. The van der Waals surface area contributed by atoms with Crippen molar-refractivity contribution in [2.24, 2.45) is 0 Å². The van der Waals surface area contributed by atoms with Crippen molar-refractivity contribution in [3.05, 3.63) is 17.2 Å². The van der Waals surface area contributed by atoms with Crippen LogP contribution in [0.2, 0.25) is 5.02 Å². The average Bonchev–Trinajstić information content (AvgIpc) is 2.59. The highest BCUT2D eigenvalue weighted by Gasteiger charge is 2.34. The predicted molar refractivity (Wildman–Crippen MR) is 92.5 cm³/mol. The van der Waals surface area contributed by atoms with Gasteiger partial charge >= 0.3 is 0 Å². The Balaban J connectivity index is 1.97. The van der Waals surface area contributed by atoms with E-state index in [4.69, 9.17) is 21.1 Å². The number of nitrogens with one attached hydrogen (secondary N) is 1. The van der Waals surface area contributed by atoms with Crippen molar-refractivity contribution in [2.75, 3.05) is 32.8 Å². The number of hydrogen-bond donors (Lipinski definition) is 1. The first-order valence-electron chi connectivity index (χ1n) is 8.35. The molecule has 6 nitrogen and oxygen atoms in total. The second-order valence-electron chi connectivity index (χ2n) is 6.02. The van der Waals surface area contributed by atoms with Gasteiger partial charge in [0.05, 0.1) is 5.02 Å².